The van der Waals surface area contributed by atoms with Crippen LogP contribution in [0.3, 0.4) is 0 Å². The van der Waals surface area contributed by atoms with E-state index in [2.05, 4.69) is 15.7 Å². The molecular formula is C25H22F3N5O2. The molecule has 0 aliphatic rings. The van der Waals surface area contributed by atoms with Gasteiger partial charge in [-0.05, 0) is 47.5 Å². The Hall–Kier alpha value is -4.18. The zero-order chi connectivity index (χ0) is 25.2. The van der Waals surface area contributed by atoms with Gasteiger partial charge in [0.15, 0.2) is 5.69 Å². The second-order valence-corrected chi connectivity index (χ2v) is 8.02. The van der Waals surface area contributed by atoms with E-state index in [1.54, 1.807) is 30.3 Å². The van der Waals surface area contributed by atoms with E-state index < -0.39 is 23.8 Å². The van der Waals surface area contributed by atoms with Crippen LogP contribution in [0.1, 0.15) is 28.7 Å². The number of anilines is 1. The summed E-state index contributed by atoms with van der Waals surface area (Å²) in [5.74, 6) is -1.12. The smallest absolute Gasteiger partial charge is 0.351 e. The second-order valence-electron chi connectivity index (χ2n) is 8.02. The molecule has 0 bridgehead atoms. The van der Waals surface area contributed by atoms with Gasteiger partial charge in [-0.2, -0.15) is 18.3 Å². The van der Waals surface area contributed by atoms with Gasteiger partial charge in [0, 0.05) is 18.3 Å². The number of hydrogen-bond donors (Lipinski definition) is 3. The summed E-state index contributed by atoms with van der Waals surface area (Å²) in [7, 11) is 0. The van der Waals surface area contributed by atoms with Crippen molar-refractivity contribution >= 4 is 28.3 Å². The van der Waals surface area contributed by atoms with Crippen molar-refractivity contribution in [2.45, 2.75) is 25.7 Å². The quantitative estimate of drug-likeness (QED) is 0.383. The van der Waals surface area contributed by atoms with Gasteiger partial charge in [-0.15, -0.1) is 0 Å². The molecule has 35 heavy (non-hydrogen) atoms. The van der Waals surface area contributed by atoms with Crippen LogP contribution in [0.15, 0.2) is 72.8 Å². The van der Waals surface area contributed by atoms with Gasteiger partial charge in [0.1, 0.15) is 5.69 Å². The largest absolute Gasteiger partial charge is 0.435 e. The van der Waals surface area contributed by atoms with Gasteiger partial charge in [-0.1, -0.05) is 42.5 Å². The predicted octanol–water partition coefficient (Wildman–Crippen LogP) is 4.26. The molecule has 3 aromatic carbocycles. The molecular weight excluding hydrogens is 459 g/mol. The lowest BCUT2D eigenvalue weighted by Crippen LogP contribution is -2.37. The van der Waals surface area contributed by atoms with E-state index in [9.17, 15) is 22.8 Å². The van der Waals surface area contributed by atoms with Gasteiger partial charge in [0.25, 0.3) is 5.91 Å². The maximum Gasteiger partial charge on any atom is 0.435 e. The predicted molar refractivity (Wildman–Crippen MR) is 126 cm³/mol. The summed E-state index contributed by atoms with van der Waals surface area (Å²) in [6.45, 7) is 1.65. The average Bonchev–Trinajstić information content (AvgIpc) is 3.29. The Morgan fingerprint density at radius 2 is 1.74 bits per heavy atom. The highest BCUT2D eigenvalue weighted by Gasteiger charge is 2.36. The van der Waals surface area contributed by atoms with E-state index in [1.165, 1.54) is 13.0 Å². The van der Waals surface area contributed by atoms with Crippen LogP contribution in [0.25, 0.3) is 16.5 Å². The summed E-state index contributed by atoms with van der Waals surface area (Å²) in [5.41, 5.74) is 5.31. The molecule has 0 saturated carbocycles. The third kappa shape index (κ3) is 5.49. The highest BCUT2D eigenvalue weighted by Crippen LogP contribution is 2.30. The molecule has 0 saturated heterocycles. The van der Waals surface area contributed by atoms with Crippen molar-refractivity contribution < 1.29 is 22.8 Å². The Morgan fingerprint density at radius 3 is 2.46 bits per heavy atom. The number of alkyl halides is 3. The highest BCUT2D eigenvalue weighted by molar-refractivity contribution is 6.04. The number of amides is 2. The van der Waals surface area contributed by atoms with E-state index >= 15 is 0 Å². The Kier molecular flexibility index (Phi) is 6.57. The van der Waals surface area contributed by atoms with Crippen molar-refractivity contribution in [3.05, 3.63) is 89.7 Å². The average molecular weight is 481 g/mol. The molecule has 0 spiro atoms. The molecule has 7 nitrogen and oxygen atoms in total. The van der Waals surface area contributed by atoms with Crippen LogP contribution in [0.4, 0.5) is 18.9 Å². The van der Waals surface area contributed by atoms with Crippen molar-refractivity contribution in [2.24, 2.45) is 5.73 Å². The van der Waals surface area contributed by atoms with E-state index in [-0.39, 0.29) is 23.8 Å². The van der Waals surface area contributed by atoms with Crippen LogP contribution in [0.2, 0.25) is 0 Å². The summed E-state index contributed by atoms with van der Waals surface area (Å²) in [6, 6.07) is 19.1. The van der Waals surface area contributed by atoms with Crippen LogP contribution in [-0.4, -0.2) is 27.6 Å². The first-order valence-corrected chi connectivity index (χ1v) is 10.7. The van der Waals surface area contributed by atoms with E-state index in [0.717, 1.165) is 15.5 Å². The van der Waals surface area contributed by atoms with Crippen molar-refractivity contribution in [2.75, 3.05) is 5.32 Å². The molecule has 180 valence electrons. The van der Waals surface area contributed by atoms with Crippen LogP contribution >= 0.6 is 0 Å². The fourth-order valence-corrected chi connectivity index (χ4v) is 3.49. The van der Waals surface area contributed by atoms with E-state index in [0.29, 0.717) is 17.3 Å². The van der Waals surface area contributed by atoms with Crippen molar-refractivity contribution in [3.8, 4) is 5.69 Å². The van der Waals surface area contributed by atoms with Gasteiger partial charge in [0.05, 0.1) is 11.7 Å². The Labute approximate surface area is 198 Å². The minimum absolute atomic E-state index is 0.111. The number of halogens is 3. The van der Waals surface area contributed by atoms with Crippen LogP contribution in [0, 0.1) is 0 Å². The standard InChI is InChI=1S/C25H22F3N5O2/c1-15(29)23(34)30-14-16-5-4-8-20(11-16)33-21(13-22(32-33)25(26,27)28)24(35)31-19-10-9-17-6-2-3-7-18(17)12-19/h2-13,15H,14,29H2,1H3,(H,30,34)(H,31,35)/t15-/m0/s1. The third-order valence-electron chi connectivity index (χ3n) is 5.28. The van der Waals surface area contributed by atoms with Gasteiger partial charge in [0.2, 0.25) is 5.91 Å². The maximum atomic E-state index is 13.5. The lowest BCUT2D eigenvalue weighted by molar-refractivity contribution is -0.141. The number of benzene rings is 3. The normalized spacial score (nSPS) is 12.4. The van der Waals surface area contributed by atoms with Crippen molar-refractivity contribution in [3.63, 3.8) is 0 Å². The number of rotatable bonds is 6. The van der Waals surface area contributed by atoms with E-state index in [4.69, 9.17) is 5.73 Å². The molecule has 0 aliphatic heterocycles. The third-order valence-corrected chi connectivity index (χ3v) is 5.28. The lowest BCUT2D eigenvalue weighted by Gasteiger charge is -2.11. The lowest BCUT2D eigenvalue weighted by atomic mass is 10.1. The summed E-state index contributed by atoms with van der Waals surface area (Å²) in [4.78, 5) is 24.8. The summed E-state index contributed by atoms with van der Waals surface area (Å²) in [5, 5.41) is 10.8. The first-order chi connectivity index (χ1) is 16.6. The van der Waals surface area contributed by atoms with Crippen LogP contribution < -0.4 is 16.4 Å². The van der Waals surface area contributed by atoms with Crippen LogP contribution in [-0.2, 0) is 17.5 Å². The minimum atomic E-state index is -4.74. The summed E-state index contributed by atoms with van der Waals surface area (Å²) in [6.07, 6.45) is -4.74. The fraction of sp³-hybridized carbons (Fsp3) is 0.160. The Bertz CT molecular complexity index is 1400. The van der Waals surface area contributed by atoms with E-state index in [1.807, 2.05) is 30.3 Å². The number of aromatic nitrogens is 2. The molecule has 10 heteroatoms. The highest BCUT2D eigenvalue weighted by atomic mass is 19.4. The maximum absolute atomic E-state index is 13.5. The molecule has 4 aromatic rings. The molecule has 1 atom stereocenters. The van der Waals surface area contributed by atoms with Gasteiger partial charge >= 0.3 is 6.18 Å². The molecule has 4 rings (SSSR count). The summed E-state index contributed by atoms with van der Waals surface area (Å²) >= 11 is 0. The number of nitrogens with two attached hydrogens (primary N) is 1. The molecule has 0 unspecified atom stereocenters. The fourth-order valence-electron chi connectivity index (χ4n) is 3.49. The second kappa shape index (κ2) is 9.59. The van der Waals surface area contributed by atoms with Gasteiger partial charge < -0.3 is 16.4 Å². The first-order valence-electron chi connectivity index (χ1n) is 10.7. The number of hydrogen-bond acceptors (Lipinski definition) is 4. The SMILES string of the molecule is C[C@H](N)C(=O)NCc1cccc(-n2nc(C(F)(F)F)cc2C(=O)Nc2ccc3ccccc3c2)c1. The summed E-state index contributed by atoms with van der Waals surface area (Å²) < 4.78 is 41.3. The molecule has 0 radical (unpaired) electrons. The number of carbonyl (C=O) groups excluding carboxylic acids is 2. The molecule has 1 aromatic heterocycles. The van der Waals surface area contributed by atoms with Crippen LogP contribution in [0.5, 0.6) is 0 Å². The molecule has 0 fully saturated rings. The first kappa shape index (κ1) is 24.0. The van der Waals surface area contributed by atoms with Crippen molar-refractivity contribution in [1.29, 1.82) is 0 Å². The Balaban J connectivity index is 1.66. The molecule has 4 N–H and O–H groups in total. The monoisotopic (exact) mass is 481 g/mol. The zero-order valence-electron chi connectivity index (χ0n) is 18.6. The number of carbonyl (C=O) groups is 2. The number of fused-ring (bicyclic) bond motifs is 1. The number of nitrogens with one attached hydrogen (secondary N) is 2. The number of nitrogens with zero attached hydrogens (tertiary/aromatic N) is 2. The van der Waals surface area contributed by atoms with Crippen molar-refractivity contribution in [1.82, 2.24) is 15.1 Å². The topological polar surface area (TPSA) is 102 Å². The molecule has 1 heterocycles. The van der Waals surface area contributed by atoms with Gasteiger partial charge in [-0.3, -0.25) is 9.59 Å². The minimum Gasteiger partial charge on any atom is -0.351 e. The zero-order valence-corrected chi connectivity index (χ0v) is 18.6. The van der Waals surface area contributed by atoms with Gasteiger partial charge in [-0.25, -0.2) is 4.68 Å². The molecule has 0 aliphatic carbocycles. The molecule has 2 amide bonds. The Morgan fingerprint density at radius 1 is 1.00 bits per heavy atom.